The van der Waals surface area contributed by atoms with Gasteiger partial charge in [-0.3, -0.25) is 4.99 Å². The highest BCUT2D eigenvalue weighted by atomic mass is 19.4. The molecule has 5 nitrogen and oxygen atoms in total. The number of allylic oxidation sites excluding steroid dienone is 2. The predicted octanol–water partition coefficient (Wildman–Crippen LogP) is 4.87. The summed E-state index contributed by atoms with van der Waals surface area (Å²) in [5.41, 5.74) is 7.84. The second kappa shape index (κ2) is 10.7. The number of dihydropyridines is 1. The van der Waals surface area contributed by atoms with Crippen molar-refractivity contribution in [1.29, 1.82) is 0 Å². The minimum absolute atomic E-state index is 0.0757. The van der Waals surface area contributed by atoms with Crippen molar-refractivity contribution in [2.45, 2.75) is 26.1 Å². The van der Waals surface area contributed by atoms with Crippen molar-refractivity contribution in [2.24, 2.45) is 15.7 Å². The molecule has 2 aromatic carbocycles. The van der Waals surface area contributed by atoms with Gasteiger partial charge >= 0.3 is 6.18 Å². The molecule has 1 aliphatic heterocycles. The lowest BCUT2D eigenvalue weighted by atomic mass is 10.1. The van der Waals surface area contributed by atoms with Gasteiger partial charge < -0.3 is 16.4 Å². The van der Waals surface area contributed by atoms with E-state index in [0.717, 1.165) is 30.3 Å². The molecular formula is C24H26F3N5. The molecular weight excluding hydrogens is 415 g/mol. The standard InChI is InChI=1S/C24H26F3N5/c1-2-13-30-21-12-6-4-10-19(21)23(32-22(28)18-9-7-14-29-15-18)31-16-17-8-3-5-11-20(17)24(25,26)27/h3-12,14,29-30H,2,13,15-16H2,1H3,(H2,28,31,32). The van der Waals surface area contributed by atoms with Crippen molar-refractivity contribution in [2.75, 3.05) is 18.4 Å². The zero-order chi connectivity index (χ0) is 23.0. The van der Waals surface area contributed by atoms with Crippen molar-refractivity contribution < 1.29 is 13.2 Å². The van der Waals surface area contributed by atoms with Gasteiger partial charge in [-0.1, -0.05) is 43.3 Å². The Bertz CT molecular complexity index is 1050. The van der Waals surface area contributed by atoms with Crippen molar-refractivity contribution in [3.05, 3.63) is 89.1 Å². The number of nitrogens with zero attached hydrogens (tertiary/aromatic N) is 2. The maximum absolute atomic E-state index is 13.4. The monoisotopic (exact) mass is 441 g/mol. The lowest BCUT2D eigenvalue weighted by Crippen LogP contribution is -2.26. The number of hydrogen-bond acceptors (Lipinski definition) is 3. The number of para-hydroxylation sites is 1. The molecule has 0 atom stereocenters. The molecule has 8 heteroatoms. The first kappa shape index (κ1) is 23.1. The quantitative estimate of drug-likeness (QED) is 0.424. The van der Waals surface area contributed by atoms with Crippen LogP contribution in [0, 0.1) is 0 Å². The van der Waals surface area contributed by atoms with Crippen LogP contribution in [0.25, 0.3) is 0 Å². The second-order valence-corrected chi connectivity index (χ2v) is 7.20. The Hall–Kier alpha value is -3.55. The molecule has 168 valence electrons. The summed E-state index contributed by atoms with van der Waals surface area (Å²) >= 11 is 0. The molecule has 0 amide bonds. The summed E-state index contributed by atoms with van der Waals surface area (Å²) < 4.78 is 40.3. The third-order valence-corrected chi connectivity index (χ3v) is 4.81. The number of alkyl halides is 3. The molecule has 32 heavy (non-hydrogen) atoms. The largest absolute Gasteiger partial charge is 0.416 e. The minimum atomic E-state index is -4.46. The van der Waals surface area contributed by atoms with E-state index in [0.29, 0.717) is 12.1 Å². The van der Waals surface area contributed by atoms with Crippen LogP contribution in [0.1, 0.15) is 30.0 Å². The Kier molecular flexibility index (Phi) is 7.70. The fourth-order valence-corrected chi connectivity index (χ4v) is 3.19. The van der Waals surface area contributed by atoms with Crippen LogP contribution in [0.15, 0.2) is 82.4 Å². The lowest BCUT2D eigenvalue weighted by Gasteiger charge is -2.15. The zero-order valence-corrected chi connectivity index (χ0v) is 17.8. The summed E-state index contributed by atoms with van der Waals surface area (Å²) in [5.74, 6) is 0.532. The van der Waals surface area contributed by atoms with Crippen LogP contribution in [-0.2, 0) is 12.7 Å². The number of nitrogens with two attached hydrogens (primary N) is 1. The molecule has 4 N–H and O–H groups in total. The first-order chi connectivity index (χ1) is 15.4. The first-order valence-corrected chi connectivity index (χ1v) is 10.4. The van der Waals surface area contributed by atoms with Crippen LogP contribution in [0.3, 0.4) is 0 Å². The molecule has 0 radical (unpaired) electrons. The van der Waals surface area contributed by atoms with E-state index >= 15 is 0 Å². The van der Waals surface area contributed by atoms with E-state index in [4.69, 9.17) is 5.73 Å². The maximum Gasteiger partial charge on any atom is 0.416 e. The average Bonchev–Trinajstić information content (AvgIpc) is 2.80. The van der Waals surface area contributed by atoms with Crippen LogP contribution in [0.5, 0.6) is 0 Å². The Balaban J connectivity index is 2.04. The van der Waals surface area contributed by atoms with Crippen molar-refractivity contribution >= 4 is 17.4 Å². The molecule has 1 heterocycles. The highest BCUT2D eigenvalue weighted by Gasteiger charge is 2.32. The third kappa shape index (κ3) is 6.00. The fraction of sp³-hybridized carbons (Fsp3) is 0.250. The van der Waals surface area contributed by atoms with Crippen LogP contribution in [-0.4, -0.2) is 24.8 Å². The molecule has 0 saturated carbocycles. The number of rotatable bonds is 7. The molecule has 0 unspecified atom stereocenters. The SMILES string of the molecule is CCCNc1ccccc1C(N=C(N)C1=CC=CNC1)=NCc1ccccc1C(F)(F)F. The molecule has 0 aliphatic carbocycles. The number of halogens is 3. The number of amidine groups is 2. The molecule has 0 fully saturated rings. The van der Waals surface area contributed by atoms with Gasteiger partial charge in [0.1, 0.15) is 5.84 Å². The van der Waals surface area contributed by atoms with Gasteiger partial charge in [0.15, 0.2) is 5.84 Å². The summed E-state index contributed by atoms with van der Waals surface area (Å²) in [4.78, 5) is 9.01. The van der Waals surface area contributed by atoms with Gasteiger partial charge in [0, 0.05) is 29.9 Å². The van der Waals surface area contributed by atoms with Crippen molar-refractivity contribution in [3.8, 4) is 0 Å². The number of benzene rings is 2. The van der Waals surface area contributed by atoms with Gasteiger partial charge in [0.05, 0.1) is 12.1 Å². The van der Waals surface area contributed by atoms with Gasteiger partial charge in [-0.2, -0.15) is 13.2 Å². The van der Waals surface area contributed by atoms with Crippen LogP contribution in [0.2, 0.25) is 0 Å². The van der Waals surface area contributed by atoms with E-state index in [1.165, 1.54) is 12.1 Å². The van der Waals surface area contributed by atoms with Gasteiger partial charge in [0.2, 0.25) is 0 Å². The van der Waals surface area contributed by atoms with E-state index in [9.17, 15) is 13.2 Å². The summed E-state index contributed by atoms with van der Waals surface area (Å²) in [5, 5.41) is 6.38. The third-order valence-electron chi connectivity index (χ3n) is 4.81. The molecule has 1 aliphatic rings. The highest BCUT2D eigenvalue weighted by molar-refractivity contribution is 6.13. The van der Waals surface area contributed by atoms with Crippen molar-refractivity contribution in [1.82, 2.24) is 5.32 Å². The molecule has 0 saturated heterocycles. The highest BCUT2D eigenvalue weighted by Crippen LogP contribution is 2.32. The smallest absolute Gasteiger partial charge is 0.387 e. The Morgan fingerprint density at radius 2 is 1.88 bits per heavy atom. The molecule has 0 bridgehead atoms. The van der Waals surface area contributed by atoms with Crippen LogP contribution in [0.4, 0.5) is 18.9 Å². The average molecular weight is 442 g/mol. The Morgan fingerprint density at radius 1 is 1.12 bits per heavy atom. The summed E-state index contributed by atoms with van der Waals surface area (Å²) in [6.07, 6.45) is 1.90. The number of anilines is 1. The zero-order valence-electron chi connectivity index (χ0n) is 17.8. The Labute approximate surface area is 185 Å². The van der Waals surface area contributed by atoms with Crippen LogP contribution < -0.4 is 16.4 Å². The van der Waals surface area contributed by atoms with Crippen LogP contribution >= 0.6 is 0 Å². The van der Waals surface area contributed by atoms with Gasteiger partial charge in [-0.15, -0.1) is 0 Å². The summed E-state index contributed by atoms with van der Waals surface area (Å²) in [7, 11) is 0. The van der Waals surface area contributed by atoms with Gasteiger partial charge in [-0.05, 0) is 42.5 Å². The molecule has 3 rings (SSSR count). The maximum atomic E-state index is 13.4. The minimum Gasteiger partial charge on any atom is -0.387 e. The van der Waals surface area contributed by atoms with E-state index in [1.54, 1.807) is 12.3 Å². The molecule has 0 spiro atoms. The Morgan fingerprint density at radius 3 is 2.59 bits per heavy atom. The fourth-order valence-electron chi connectivity index (χ4n) is 3.19. The summed E-state index contributed by atoms with van der Waals surface area (Å²) in [6, 6.07) is 12.9. The van der Waals surface area contributed by atoms with E-state index in [2.05, 4.69) is 20.6 Å². The topological polar surface area (TPSA) is 74.8 Å². The van der Waals surface area contributed by atoms with E-state index < -0.39 is 11.7 Å². The van der Waals surface area contributed by atoms with E-state index in [-0.39, 0.29) is 23.8 Å². The normalized spacial score (nSPS) is 14.7. The van der Waals surface area contributed by atoms with Crippen molar-refractivity contribution in [3.63, 3.8) is 0 Å². The molecule has 0 aromatic heterocycles. The van der Waals surface area contributed by atoms with Gasteiger partial charge in [0.25, 0.3) is 0 Å². The number of hydrogen-bond donors (Lipinski definition) is 3. The van der Waals surface area contributed by atoms with E-state index in [1.807, 2.05) is 43.3 Å². The first-order valence-electron chi connectivity index (χ1n) is 10.4. The number of nitrogens with one attached hydrogen (secondary N) is 2. The predicted molar refractivity (Wildman–Crippen MR) is 124 cm³/mol. The van der Waals surface area contributed by atoms with Gasteiger partial charge in [-0.25, -0.2) is 4.99 Å². The second-order valence-electron chi connectivity index (χ2n) is 7.20. The lowest BCUT2D eigenvalue weighted by molar-refractivity contribution is -0.138. The molecule has 2 aromatic rings. The number of aliphatic imine (C=N–C) groups is 2. The summed E-state index contributed by atoms with van der Waals surface area (Å²) in [6.45, 7) is 3.11.